The van der Waals surface area contributed by atoms with Gasteiger partial charge in [0.15, 0.2) is 17.4 Å². The summed E-state index contributed by atoms with van der Waals surface area (Å²) in [6.45, 7) is 1.80. The molecule has 4 heterocycles. The molecule has 1 atom stereocenters. The molecule has 1 saturated heterocycles. The zero-order chi connectivity index (χ0) is 36.4. The number of ether oxygens (including phenoxy) is 2. The van der Waals surface area contributed by atoms with E-state index in [1.165, 1.54) is 24.3 Å². The van der Waals surface area contributed by atoms with Crippen LogP contribution in [0.2, 0.25) is 5.02 Å². The van der Waals surface area contributed by atoms with Gasteiger partial charge in [0, 0.05) is 61.3 Å². The van der Waals surface area contributed by atoms with Crippen molar-refractivity contribution in [1.82, 2.24) is 24.3 Å². The normalized spacial score (nSPS) is 17.3. The molecule has 3 N–H and O–H groups in total. The lowest BCUT2D eigenvalue weighted by Crippen LogP contribution is -2.50. The molecule has 0 aliphatic carbocycles. The average Bonchev–Trinajstić information content (AvgIpc) is 3.45. The molecule has 2 aliphatic rings. The smallest absolute Gasteiger partial charge is 0.291 e. The third-order valence-electron chi connectivity index (χ3n) is 9.13. The molecule has 0 radical (unpaired) electrons. The first-order valence-corrected chi connectivity index (χ1v) is 16.5. The predicted octanol–water partition coefficient (Wildman–Crippen LogP) is 4.15. The Labute approximate surface area is 298 Å². The second-order valence-corrected chi connectivity index (χ2v) is 13.0. The number of carbonyl (C=O) groups excluding carboxylic acids is 3. The predicted molar refractivity (Wildman–Crippen MR) is 188 cm³/mol. The van der Waals surface area contributed by atoms with Gasteiger partial charge in [-0.2, -0.15) is 0 Å². The van der Waals surface area contributed by atoms with Crippen LogP contribution in [-0.2, 0) is 36.1 Å². The number of imidazole rings is 1. The minimum absolute atomic E-state index is 0.0435. The Kier molecular flexibility index (Phi) is 10.1. The van der Waals surface area contributed by atoms with Gasteiger partial charge < -0.3 is 39.6 Å². The second-order valence-electron chi connectivity index (χ2n) is 12.7. The SMILES string of the molecule is COc1cc(C(=O)Nc2cccc(-c3cccc(NC(=O)c4nc5c(n4C)CCN(C)C5)c3Cl)c2C)ncc1CN1C[C@@](F)(CO)COC1=C=O. The van der Waals surface area contributed by atoms with Gasteiger partial charge in [0.1, 0.15) is 18.1 Å². The van der Waals surface area contributed by atoms with Gasteiger partial charge >= 0.3 is 0 Å². The van der Waals surface area contributed by atoms with Crippen molar-refractivity contribution in [2.45, 2.75) is 32.1 Å². The summed E-state index contributed by atoms with van der Waals surface area (Å²) in [5.74, 6) is 1.14. The van der Waals surface area contributed by atoms with E-state index >= 15 is 0 Å². The van der Waals surface area contributed by atoms with Crippen molar-refractivity contribution in [3.63, 3.8) is 0 Å². The topological polar surface area (TPSA) is 151 Å². The highest BCUT2D eigenvalue weighted by atomic mass is 35.5. The number of halogens is 2. The summed E-state index contributed by atoms with van der Waals surface area (Å²) >= 11 is 6.89. The molecule has 2 aromatic heterocycles. The molecule has 2 aromatic carbocycles. The minimum atomic E-state index is -2.07. The van der Waals surface area contributed by atoms with Gasteiger partial charge in [-0.25, -0.2) is 14.2 Å². The fourth-order valence-electron chi connectivity index (χ4n) is 6.30. The lowest BCUT2D eigenvalue weighted by molar-refractivity contribution is -0.0780. The van der Waals surface area contributed by atoms with Gasteiger partial charge in [0.2, 0.25) is 0 Å². The van der Waals surface area contributed by atoms with Gasteiger partial charge in [0.05, 0.1) is 43.2 Å². The number of amides is 2. The van der Waals surface area contributed by atoms with Crippen molar-refractivity contribution < 1.29 is 33.4 Å². The van der Waals surface area contributed by atoms with Gasteiger partial charge in [-0.3, -0.25) is 14.6 Å². The van der Waals surface area contributed by atoms with Crippen molar-refractivity contribution in [2.24, 2.45) is 7.05 Å². The second kappa shape index (κ2) is 14.5. The number of aromatic nitrogens is 3. The number of benzene rings is 2. The molecule has 4 aromatic rings. The number of anilines is 2. The Balaban J connectivity index is 1.19. The molecular weight excluding hydrogens is 681 g/mol. The van der Waals surface area contributed by atoms with Crippen LogP contribution in [-0.4, -0.2) is 93.3 Å². The van der Waals surface area contributed by atoms with E-state index in [4.69, 9.17) is 21.1 Å². The van der Waals surface area contributed by atoms with E-state index in [1.54, 1.807) is 30.2 Å². The molecule has 266 valence electrons. The first-order chi connectivity index (χ1) is 24.4. The first-order valence-electron chi connectivity index (χ1n) is 16.1. The Bertz CT molecular complexity index is 2070. The van der Waals surface area contributed by atoms with E-state index in [2.05, 4.69) is 25.5 Å². The number of likely N-dealkylation sites (N-methyl/N-ethyl adjacent to an activating group) is 1. The molecule has 51 heavy (non-hydrogen) atoms. The van der Waals surface area contributed by atoms with Crippen LogP contribution in [0.15, 0.2) is 54.5 Å². The monoisotopic (exact) mass is 717 g/mol. The highest BCUT2D eigenvalue weighted by molar-refractivity contribution is 6.36. The molecule has 1 fully saturated rings. The summed E-state index contributed by atoms with van der Waals surface area (Å²) in [6.07, 6.45) is 2.20. The van der Waals surface area contributed by atoms with Crippen LogP contribution in [0.4, 0.5) is 15.8 Å². The Hall–Kier alpha value is -5.27. The van der Waals surface area contributed by atoms with Crippen molar-refractivity contribution in [2.75, 3.05) is 51.1 Å². The third-order valence-corrected chi connectivity index (χ3v) is 9.53. The number of hydrogen-bond donors (Lipinski definition) is 3. The maximum atomic E-state index is 14.8. The van der Waals surface area contributed by atoms with Crippen molar-refractivity contribution in [3.8, 4) is 16.9 Å². The standard InChI is InChI=1S/C36H37ClFN7O6/c1-21-23(24-8-6-10-26(32(24)37)42-35(49)33-40-28-16-43(2)12-11-29(28)44(33)3)7-5-9-25(21)41-34(48)27-13-30(50-4)22(14-39-27)15-45-18-36(38,19-47)20-51-31(45)17-46/h5-10,13-14,47H,11-12,15-16,18-20H2,1-4H3,(H,41,48)(H,42,49)/t36-/m1/s1. The van der Waals surface area contributed by atoms with Crippen LogP contribution in [0.5, 0.6) is 5.75 Å². The minimum Gasteiger partial charge on any atom is -0.496 e. The number of aliphatic hydroxyl groups is 1. The number of aliphatic hydroxyl groups excluding tert-OH is 1. The molecule has 2 amide bonds. The summed E-state index contributed by atoms with van der Waals surface area (Å²) in [6, 6.07) is 12.2. The summed E-state index contributed by atoms with van der Waals surface area (Å²) in [7, 11) is 5.27. The molecular formula is C36H37ClFN7O6. The highest BCUT2D eigenvalue weighted by Gasteiger charge is 2.39. The van der Waals surface area contributed by atoms with Crippen molar-refractivity contribution in [1.29, 1.82) is 0 Å². The van der Waals surface area contributed by atoms with E-state index in [9.17, 15) is 23.9 Å². The summed E-state index contributed by atoms with van der Waals surface area (Å²) < 4.78 is 27.3. The van der Waals surface area contributed by atoms with E-state index in [1.807, 2.05) is 37.7 Å². The molecule has 0 unspecified atom stereocenters. The van der Waals surface area contributed by atoms with Gasteiger partial charge in [-0.05, 0) is 37.2 Å². The maximum Gasteiger partial charge on any atom is 0.291 e. The number of nitrogens with one attached hydrogen (secondary N) is 2. The van der Waals surface area contributed by atoms with Crippen molar-refractivity contribution in [3.05, 3.63) is 93.6 Å². The van der Waals surface area contributed by atoms with Crippen LogP contribution in [0.25, 0.3) is 11.1 Å². The van der Waals surface area contributed by atoms with Gasteiger partial charge in [-0.1, -0.05) is 35.9 Å². The largest absolute Gasteiger partial charge is 0.496 e. The molecule has 0 bridgehead atoms. The summed E-state index contributed by atoms with van der Waals surface area (Å²) in [4.78, 5) is 50.6. The number of rotatable bonds is 9. The fourth-order valence-corrected chi connectivity index (χ4v) is 6.57. The van der Waals surface area contributed by atoms with Crippen LogP contribution in [0, 0.1) is 6.92 Å². The van der Waals surface area contributed by atoms with Crippen LogP contribution >= 0.6 is 11.6 Å². The van der Waals surface area contributed by atoms with Gasteiger partial charge in [-0.15, -0.1) is 0 Å². The molecule has 13 nitrogen and oxygen atoms in total. The number of carbonyl (C=O) groups is 2. The maximum absolute atomic E-state index is 14.8. The van der Waals surface area contributed by atoms with E-state index in [-0.39, 0.29) is 36.3 Å². The number of methoxy groups -OCH3 is 1. The highest BCUT2D eigenvalue weighted by Crippen LogP contribution is 2.38. The van der Waals surface area contributed by atoms with Crippen LogP contribution in [0.1, 0.15) is 43.6 Å². The quantitative estimate of drug-likeness (QED) is 0.216. The van der Waals surface area contributed by atoms with Gasteiger partial charge in [0.25, 0.3) is 17.7 Å². The Morgan fingerprint density at radius 1 is 1.14 bits per heavy atom. The zero-order valence-corrected chi connectivity index (χ0v) is 29.3. The third kappa shape index (κ3) is 7.17. The van der Waals surface area contributed by atoms with Crippen LogP contribution < -0.4 is 15.4 Å². The van der Waals surface area contributed by atoms with Crippen molar-refractivity contribution >= 4 is 40.7 Å². The zero-order valence-electron chi connectivity index (χ0n) is 28.5. The number of hydrogen-bond acceptors (Lipinski definition) is 10. The molecule has 0 saturated carbocycles. The summed E-state index contributed by atoms with van der Waals surface area (Å²) in [5.41, 5.74) is 3.39. The molecule has 6 rings (SSSR count). The number of pyridine rings is 1. The first kappa shape index (κ1) is 35.6. The van der Waals surface area contributed by atoms with E-state index in [0.29, 0.717) is 39.9 Å². The van der Waals surface area contributed by atoms with Crippen LogP contribution in [0.3, 0.4) is 0 Å². The number of nitrogens with zero attached hydrogens (tertiary/aromatic N) is 5. The fraction of sp³-hybridized carbons (Fsp3) is 0.333. The number of alkyl halides is 1. The Morgan fingerprint density at radius 3 is 2.59 bits per heavy atom. The van der Waals surface area contributed by atoms with E-state index in [0.717, 1.165) is 35.5 Å². The molecule has 15 heteroatoms. The molecule has 0 spiro atoms. The van der Waals surface area contributed by atoms with E-state index < -0.39 is 24.8 Å². The summed E-state index contributed by atoms with van der Waals surface area (Å²) in [5, 5.41) is 15.6. The number of fused-ring (bicyclic) bond motifs is 1. The lowest BCUT2D eigenvalue weighted by Gasteiger charge is -2.37. The Morgan fingerprint density at radius 2 is 1.86 bits per heavy atom. The molecule has 2 aliphatic heterocycles. The lowest BCUT2D eigenvalue weighted by atomic mass is 9.98. The average molecular weight is 718 g/mol.